The molecule has 0 saturated carbocycles. The number of fused-ring (bicyclic) bond motifs is 1. The van der Waals surface area contributed by atoms with Crippen molar-refractivity contribution < 1.29 is 4.74 Å². The minimum atomic E-state index is 0.578. The van der Waals surface area contributed by atoms with Gasteiger partial charge in [-0.15, -0.1) is 0 Å². The molecule has 1 aromatic heterocycles. The lowest BCUT2D eigenvalue weighted by molar-refractivity contribution is 0.293. The molecule has 102 valence electrons. The zero-order chi connectivity index (χ0) is 13.9. The van der Waals surface area contributed by atoms with E-state index in [1.54, 1.807) is 0 Å². The van der Waals surface area contributed by atoms with E-state index >= 15 is 0 Å². The van der Waals surface area contributed by atoms with E-state index in [0.29, 0.717) is 13.2 Å². The molecular weight excluding hydrogens is 250 g/mol. The van der Waals surface area contributed by atoms with Crippen LogP contribution >= 0.6 is 0 Å². The number of benzene rings is 2. The molecule has 2 N–H and O–H groups in total. The zero-order valence-electron chi connectivity index (χ0n) is 11.4. The van der Waals surface area contributed by atoms with Crippen LogP contribution in [0.1, 0.15) is 5.56 Å². The largest absolute Gasteiger partial charge is 0.492 e. The minimum absolute atomic E-state index is 0.578. The molecule has 0 fully saturated rings. The Morgan fingerprint density at radius 2 is 2.10 bits per heavy atom. The first-order chi connectivity index (χ1) is 9.72. The summed E-state index contributed by atoms with van der Waals surface area (Å²) < 4.78 is 7.67. The summed E-state index contributed by atoms with van der Waals surface area (Å²) in [6, 6.07) is 13.8. The van der Waals surface area contributed by atoms with Crippen molar-refractivity contribution in [3.05, 3.63) is 54.2 Å². The molecule has 0 amide bonds. The van der Waals surface area contributed by atoms with Crippen LogP contribution in [0.3, 0.4) is 0 Å². The normalized spacial score (nSPS) is 10.8. The summed E-state index contributed by atoms with van der Waals surface area (Å²) in [7, 11) is 0. The van der Waals surface area contributed by atoms with Crippen LogP contribution in [0.5, 0.6) is 5.75 Å². The highest BCUT2D eigenvalue weighted by atomic mass is 16.5. The zero-order valence-corrected chi connectivity index (χ0v) is 11.4. The van der Waals surface area contributed by atoms with Gasteiger partial charge in [-0.05, 0) is 42.8 Å². The SMILES string of the molecule is Cc1cccc(OCCn2ncc3ccc(N)cc32)c1. The van der Waals surface area contributed by atoms with Crippen molar-refractivity contribution in [3.63, 3.8) is 0 Å². The quantitative estimate of drug-likeness (QED) is 0.739. The summed E-state index contributed by atoms with van der Waals surface area (Å²) in [4.78, 5) is 0. The van der Waals surface area contributed by atoms with E-state index in [-0.39, 0.29) is 0 Å². The Labute approximate surface area is 117 Å². The van der Waals surface area contributed by atoms with Gasteiger partial charge in [0.1, 0.15) is 12.4 Å². The van der Waals surface area contributed by atoms with Crippen molar-refractivity contribution in [1.29, 1.82) is 0 Å². The fraction of sp³-hybridized carbons (Fsp3) is 0.188. The van der Waals surface area contributed by atoms with Crippen molar-refractivity contribution in [2.24, 2.45) is 0 Å². The highest BCUT2D eigenvalue weighted by Gasteiger charge is 2.03. The van der Waals surface area contributed by atoms with Crippen molar-refractivity contribution in [1.82, 2.24) is 9.78 Å². The highest BCUT2D eigenvalue weighted by molar-refractivity contribution is 5.81. The van der Waals surface area contributed by atoms with E-state index in [4.69, 9.17) is 10.5 Å². The number of hydrogen-bond donors (Lipinski definition) is 1. The highest BCUT2D eigenvalue weighted by Crippen LogP contribution is 2.17. The van der Waals surface area contributed by atoms with E-state index in [1.807, 2.05) is 47.3 Å². The fourth-order valence-corrected chi connectivity index (χ4v) is 2.22. The van der Waals surface area contributed by atoms with E-state index in [9.17, 15) is 0 Å². The van der Waals surface area contributed by atoms with Crippen LogP contribution in [0.15, 0.2) is 48.7 Å². The second-order valence-corrected chi connectivity index (χ2v) is 4.85. The van der Waals surface area contributed by atoms with Crippen LogP contribution in [-0.2, 0) is 6.54 Å². The van der Waals surface area contributed by atoms with Gasteiger partial charge in [-0.1, -0.05) is 12.1 Å². The third-order valence-electron chi connectivity index (χ3n) is 3.23. The van der Waals surface area contributed by atoms with Gasteiger partial charge in [-0.25, -0.2) is 0 Å². The molecule has 1 heterocycles. The van der Waals surface area contributed by atoms with Crippen LogP contribution in [0, 0.1) is 6.92 Å². The molecule has 0 aliphatic carbocycles. The molecule has 4 heteroatoms. The molecule has 0 aliphatic heterocycles. The summed E-state index contributed by atoms with van der Waals surface area (Å²) >= 11 is 0. The second-order valence-electron chi connectivity index (χ2n) is 4.85. The number of nitrogens with two attached hydrogens (primary N) is 1. The number of hydrogen-bond acceptors (Lipinski definition) is 3. The van der Waals surface area contributed by atoms with Crippen LogP contribution in [0.4, 0.5) is 5.69 Å². The second kappa shape index (κ2) is 5.25. The number of nitrogen functional groups attached to an aromatic ring is 1. The minimum Gasteiger partial charge on any atom is -0.492 e. The molecule has 3 rings (SSSR count). The first-order valence-corrected chi connectivity index (χ1v) is 6.63. The lowest BCUT2D eigenvalue weighted by Crippen LogP contribution is -2.09. The first kappa shape index (κ1) is 12.5. The van der Waals surface area contributed by atoms with E-state index in [1.165, 1.54) is 5.56 Å². The molecule has 0 saturated heterocycles. The molecule has 4 nitrogen and oxygen atoms in total. The molecular formula is C16H17N3O. The maximum Gasteiger partial charge on any atom is 0.119 e. The Morgan fingerprint density at radius 3 is 2.95 bits per heavy atom. The molecule has 0 bridgehead atoms. The van der Waals surface area contributed by atoms with E-state index in [2.05, 4.69) is 18.1 Å². The topological polar surface area (TPSA) is 53.1 Å². The molecule has 0 aliphatic rings. The van der Waals surface area contributed by atoms with Crippen molar-refractivity contribution >= 4 is 16.6 Å². The molecule has 20 heavy (non-hydrogen) atoms. The number of nitrogens with zero attached hydrogens (tertiary/aromatic N) is 2. The van der Waals surface area contributed by atoms with E-state index < -0.39 is 0 Å². The average Bonchev–Trinajstić information content (AvgIpc) is 2.82. The number of aromatic nitrogens is 2. The summed E-state index contributed by atoms with van der Waals surface area (Å²) in [6.45, 7) is 3.33. The number of ether oxygens (including phenoxy) is 1. The van der Waals surface area contributed by atoms with Crippen molar-refractivity contribution in [3.8, 4) is 5.75 Å². The predicted octanol–water partition coefficient (Wildman–Crippen LogP) is 3.01. The van der Waals surface area contributed by atoms with Crippen LogP contribution < -0.4 is 10.5 Å². The lowest BCUT2D eigenvalue weighted by Gasteiger charge is -2.08. The molecule has 0 unspecified atom stereocenters. The smallest absolute Gasteiger partial charge is 0.119 e. The number of aryl methyl sites for hydroxylation is 1. The monoisotopic (exact) mass is 267 g/mol. The molecule has 3 aromatic rings. The molecule has 0 spiro atoms. The number of rotatable bonds is 4. The van der Waals surface area contributed by atoms with Gasteiger partial charge in [-0.3, -0.25) is 4.68 Å². The van der Waals surface area contributed by atoms with Crippen LogP contribution in [-0.4, -0.2) is 16.4 Å². The Balaban J connectivity index is 1.69. The van der Waals surface area contributed by atoms with Gasteiger partial charge < -0.3 is 10.5 Å². The third-order valence-corrected chi connectivity index (χ3v) is 3.23. The first-order valence-electron chi connectivity index (χ1n) is 6.63. The third kappa shape index (κ3) is 2.59. The van der Waals surface area contributed by atoms with Gasteiger partial charge in [0.15, 0.2) is 0 Å². The maximum absolute atomic E-state index is 5.82. The Hall–Kier alpha value is -2.49. The Bertz CT molecular complexity index is 733. The molecule has 0 radical (unpaired) electrons. The van der Waals surface area contributed by atoms with Crippen molar-refractivity contribution in [2.45, 2.75) is 13.5 Å². The predicted molar refractivity (Wildman–Crippen MR) is 80.8 cm³/mol. The Kier molecular flexibility index (Phi) is 3.29. The summed E-state index contributed by atoms with van der Waals surface area (Å²) in [5, 5.41) is 5.46. The van der Waals surface area contributed by atoms with E-state index in [0.717, 1.165) is 22.3 Å². The van der Waals surface area contributed by atoms with Gasteiger partial charge in [0, 0.05) is 11.1 Å². The van der Waals surface area contributed by atoms with Crippen LogP contribution in [0.25, 0.3) is 10.9 Å². The fourth-order valence-electron chi connectivity index (χ4n) is 2.22. The standard InChI is InChI=1S/C16H17N3O/c1-12-3-2-4-15(9-12)20-8-7-19-16-10-14(17)6-5-13(16)11-18-19/h2-6,9-11H,7-8,17H2,1H3. The summed E-state index contributed by atoms with van der Waals surface area (Å²) in [6.07, 6.45) is 1.85. The van der Waals surface area contributed by atoms with Gasteiger partial charge in [-0.2, -0.15) is 5.10 Å². The van der Waals surface area contributed by atoms with Crippen LogP contribution in [0.2, 0.25) is 0 Å². The maximum atomic E-state index is 5.82. The number of anilines is 1. The average molecular weight is 267 g/mol. The summed E-state index contributed by atoms with van der Waals surface area (Å²) in [5.41, 5.74) is 8.80. The molecule has 0 atom stereocenters. The Morgan fingerprint density at radius 1 is 1.20 bits per heavy atom. The lowest BCUT2D eigenvalue weighted by atomic mass is 10.2. The molecule has 2 aromatic carbocycles. The van der Waals surface area contributed by atoms with Gasteiger partial charge in [0.25, 0.3) is 0 Å². The van der Waals surface area contributed by atoms with Crippen molar-refractivity contribution in [2.75, 3.05) is 12.3 Å². The summed E-state index contributed by atoms with van der Waals surface area (Å²) in [5.74, 6) is 0.890. The van der Waals surface area contributed by atoms with Gasteiger partial charge >= 0.3 is 0 Å². The van der Waals surface area contributed by atoms with Gasteiger partial charge in [0.05, 0.1) is 18.3 Å². The van der Waals surface area contributed by atoms with Gasteiger partial charge in [0.2, 0.25) is 0 Å².